The first-order valence-electron chi connectivity index (χ1n) is 9.86. The SMILES string of the molecule is CSCCC(NC(=O)C(NC(=O)C(CCC(N)=O)NC(=O)C(N)CC(=O)O)C(C)O)C(=O)O. The predicted molar refractivity (Wildman–Crippen MR) is 117 cm³/mol. The average molecular weight is 494 g/mol. The van der Waals surface area contributed by atoms with Crippen LogP contribution in [0.2, 0.25) is 0 Å². The summed E-state index contributed by atoms with van der Waals surface area (Å²) in [5.74, 6) is -5.98. The third kappa shape index (κ3) is 12.1. The van der Waals surface area contributed by atoms with Crippen molar-refractivity contribution in [1.82, 2.24) is 16.0 Å². The van der Waals surface area contributed by atoms with Gasteiger partial charge in [0.05, 0.1) is 18.6 Å². The molecule has 0 aromatic carbocycles. The number of aliphatic carboxylic acids is 2. The van der Waals surface area contributed by atoms with Crippen molar-refractivity contribution < 1.29 is 44.1 Å². The van der Waals surface area contributed by atoms with E-state index in [1.165, 1.54) is 18.7 Å². The summed E-state index contributed by atoms with van der Waals surface area (Å²) in [4.78, 5) is 70.6. The van der Waals surface area contributed by atoms with E-state index >= 15 is 0 Å². The number of amides is 4. The van der Waals surface area contributed by atoms with Gasteiger partial charge in [0, 0.05) is 6.42 Å². The van der Waals surface area contributed by atoms with E-state index in [-0.39, 0.29) is 19.3 Å². The number of carbonyl (C=O) groups excluding carboxylic acids is 4. The molecule has 0 rings (SSSR count). The first-order valence-corrected chi connectivity index (χ1v) is 11.3. The molecular formula is C18H31N5O9S. The van der Waals surface area contributed by atoms with Crippen LogP contribution in [0, 0.1) is 0 Å². The predicted octanol–water partition coefficient (Wildman–Crippen LogP) is -3.27. The van der Waals surface area contributed by atoms with Crippen LogP contribution in [0.15, 0.2) is 0 Å². The summed E-state index contributed by atoms with van der Waals surface area (Å²) in [5, 5.41) is 34.6. The zero-order valence-electron chi connectivity index (χ0n) is 18.3. The molecule has 0 spiro atoms. The van der Waals surface area contributed by atoms with E-state index in [0.29, 0.717) is 5.75 Å². The number of aliphatic hydroxyl groups excluding tert-OH is 1. The molecule has 0 fully saturated rings. The Morgan fingerprint density at radius 1 is 0.909 bits per heavy atom. The van der Waals surface area contributed by atoms with Gasteiger partial charge in [-0.05, 0) is 31.8 Å². The minimum Gasteiger partial charge on any atom is -0.481 e. The largest absolute Gasteiger partial charge is 0.481 e. The lowest BCUT2D eigenvalue weighted by atomic mass is 10.1. The Bertz CT molecular complexity index is 734. The van der Waals surface area contributed by atoms with Crippen molar-refractivity contribution in [3.63, 3.8) is 0 Å². The fourth-order valence-electron chi connectivity index (χ4n) is 2.53. The van der Waals surface area contributed by atoms with Crippen molar-refractivity contribution in [3.8, 4) is 0 Å². The molecule has 0 radical (unpaired) electrons. The highest BCUT2D eigenvalue weighted by Gasteiger charge is 2.33. The van der Waals surface area contributed by atoms with Crippen LogP contribution in [0.3, 0.4) is 0 Å². The van der Waals surface area contributed by atoms with Crippen molar-refractivity contribution in [3.05, 3.63) is 0 Å². The summed E-state index contributed by atoms with van der Waals surface area (Å²) >= 11 is 1.36. The van der Waals surface area contributed by atoms with Gasteiger partial charge in [-0.25, -0.2) is 4.79 Å². The van der Waals surface area contributed by atoms with E-state index in [1.54, 1.807) is 6.26 Å². The number of nitrogens with two attached hydrogens (primary N) is 2. The number of primary amides is 1. The van der Waals surface area contributed by atoms with Gasteiger partial charge < -0.3 is 42.7 Å². The molecule has 33 heavy (non-hydrogen) atoms. The summed E-state index contributed by atoms with van der Waals surface area (Å²) < 4.78 is 0. The van der Waals surface area contributed by atoms with E-state index < -0.39 is 72.3 Å². The normalized spacial score (nSPS) is 15.3. The van der Waals surface area contributed by atoms with E-state index in [0.717, 1.165) is 0 Å². The number of hydrogen-bond acceptors (Lipinski definition) is 9. The van der Waals surface area contributed by atoms with Crippen LogP contribution < -0.4 is 27.4 Å². The van der Waals surface area contributed by atoms with Gasteiger partial charge in [-0.15, -0.1) is 0 Å². The molecule has 0 aliphatic heterocycles. The fourth-order valence-corrected chi connectivity index (χ4v) is 3.00. The molecule has 0 aromatic heterocycles. The van der Waals surface area contributed by atoms with E-state index in [9.17, 15) is 39.0 Å². The highest BCUT2D eigenvalue weighted by atomic mass is 32.2. The molecule has 4 amide bonds. The fraction of sp³-hybridized carbons (Fsp3) is 0.667. The number of rotatable bonds is 16. The molecule has 0 bridgehead atoms. The molecule has 0 saturated carbocycles. The molecule has 0 saturated heterocycles. The standard InChI is InChI=1S/C18H31N5O9S/c1-8(24)14(17(30)22-11(18(31)32)5-6-33-2)23-16(29)10(3-4-12(20)25)21-15(28)9(19)7-13(26)27/h8-11,14,24H,3-7,19H2,1-2H3,(H2,20,25)(H,21,28)(H,22,30)(H,23,29)(H,26,27)(H,31,32). The number of hydrogen-bond donors (Lipinski definition) is 8. The van der Waals surface area contributed by atoms with Gasteiger partial charge in [0.25, 0.3) is 0 Å². The first-order chi connectivity index (χ1) is 15.3. The molecule has 0 aromatic rings. The second-order valence-corrected chi connectivity index (χ2v) is 8.16. The topological polar surface area (TPSA) is 251 Å². The Labute approximate surface area is 194 Å². The molecular weight excluding hydrogens is 462 g/mol. The van der Waals surface area contributed by atoms with Crippen LogP contribution in [0.4, 0.5) is 0 Å². The Morgan fingerprint density at radius 3 is 1.94 bits per heavy atom. The van der Waals surface area contributed by atoms with Crippen LogP contribution >= 0.6 is 11.8 Å². The van der Waals surface area contributed by atoms with Crippen molar-refractivity contribution in [2.75, 3.05) is 12.0 Å². The summed E-state index contributed by atoms with van der Waals surface area (Å²) in [6, 6.07) is -5.78. The third-order valence-corrected chi connectivity index (χ3v) is 4.98. The number of thioether (sulfide) groups is 1. The van der Waals surface area contributed by atoms with Gasteiger partial charge in [-0.1, -0.05) is 0 Å². The Morgan fingerprint density at radius 2 is 1.48 bits per heavy atom. The minimum atomic E-state index is -1.59. The average Bonchev–Trinajstić information content (AvgIpc) is 2.70. The molecule has 15 heteroatoms. The van der Waals surface area contributed by atoms with Gasteiger partial charge in [0.1, 0.15) is 18.1 Å². The smallest absolute Gasteiger partial charge is 0.326 e. The quantitative estimate of drug-likeness (QED) is 0.106. The van der Waals surface area contributed by atoms with Crippen LogP contribution in [0.25, 0.3) is 0 Å². The first kappa shape index (κ1) is 30.1. The second kappa shape index (κ2) is 15.0. The van der Waals surface area contributed by atoms with Crippen molar-refractivity contribution in [2.24, 2.45) is 11.5 Å². The van der Waals surface area contributed by atoms with Crippen LogP contribution in [-0.2, 0) is 28.8 Å². The van der Waals surface area contributed by atoms with Crippen LogP contribution in [-0.4, -0.2) is 93.2 Å². The number of nitrogens with one attached hydrogen (secondary N) is 3. The van der Waals surface area contributed by atoms with E-state index in [2.05, 4.69) is 16.0 Å². The Hall–Kier alpha value is -2.91. The monoisotopic (exact) mass is 493 g/mol. The van der Waals surface area contributed by atoms with Gasteiger partial charge in [-0.3, -0.25) is 24.0 Å². The molecule has 0 heterocycles. The highest BCUT2D eigenvalue weighted by molar-refractivity contribution is 7.98. The second-order valence-electron chi connectivity index (χ2n) is 7.18. The summed E-state index contributed by atoms with van der Waals surface area (Å²) in [6.45, 7) is 1.18. The summed E-state index contributed by atoms with van der Waals surface area (Å²) in [6.07, 6.45) is -0.962. The van der Waals surface area contributed by atoms with Crippen LogP contribution in [0.5, 0.6) is 0 Å². The number of carboxylic acids is 2. The number of carboxylic acid groups (broad SMARTS) is 2. The van der Waals surface area contributed by atoms with Gasteiger partial charge in [-0.2, -0.15) is 11.8 Å². The molecule has 5 atom stereocenters. The van der Waals surface area contributed by atoms with Gasteiger partial charge in [0.2, 0.25) is 23.6 Å². The lowest BCUT2D eigenvalue weighted by Crippen LogP contribution is -2.60. The molecule has 0 aliphatic carbocycles. The van der Waals surface area contributed by atoms with Crippen molar-refractivity contribution >= 4 is 47.3 Å². The van der Waals surface area contributed by atoms with Crippen molar-refractivity contribution in [1.29, 1.82) is 0 Å². The molecule has 0 aliphatic rings. The summed E-state index contributed by atoms with van der Waals surface area (Å²) in [5.41, 5.74) is 10.5. The van der Waals surface area contributed by atoms with E-state index in [4.69, 9.17) is 16.6 Å². The molecule has 5 unspecified atom stereocenters. The maximum absolute atomic E-state index is 12.7. The minimum absolute atomic E-state index is 0.0987. The van der Waals surface area contributed by atoms with Gasteiger partial charge in [0.15, 0.2) is 0 Å². The Kier molecular flexibility index (Phi) is 13.7. The summed E-state index contributed by atoms with van der Waals surface area (Å²) in [7, 11) is 0. The van der Waals surface area contributed by atoms with Crippen molar-refractivity contribution in [2.45, 2.75) is 62.9 Å². The molecule has 10 N–H and O–H groups in total. The zero-order chi connectivity index (χ0) is 25.7. The Balaban J connectivity index is 5.45. The van der Waals surface area contributed by atoms with E-state index in [1.807, 2.05) is 0 Å². The zero-order valence-corrected chi connectivity index (χ0v) is 19.1. The van der Waals surface area contributed by atoms with Gasteiger partial charge >= 0.3 is 11.9 Å². The number of carbonyl (C=O) groups is 6. The maximum atomic E-state index is 12.7. The molecule has 188 valence electrons. The van der Waals surface area contributed by atoms with Crippen LogP contribution in [0.1, 0.15) is 32.6 Å². The lowest BCUT2D eigenvalue weighted by molar-refractivity contribution is -0.143. The molecule has 14 nitrogen and oxygen atoms in total. The highest BCUT2D eigenvalue weighted by Crippen LogP contribution is 2.05. The maximum Gasteiger partial charge on any atom is 0.326 e. The number of aliphatic hydroxyl groups is 1. The third-order valence-electron chi connectivity index (χ3n) is 4.33. The lowest BCUT2D eigenvalue weighted by Gasteiger charge is -2.26.